The van der Waals surface area contributed by atoms with Gasteiger partial charge < -0.3 is 28.9 Å². The van der Waals surface area contributed by atoms with Crippen LogP contribution >= 0.6 is 0 Å². The Balaban J connectivity index is 1.71. The van der Waals surface area contributed by atoms with E-state index < -0.39 is 22.1 Å². The van der Waals surface area contributed by atoms with E-state index in [9.17, 15) is 19.7 Å². The monoisotopic (exact) mass is 559 g/mol. The van der Waals surface area contributed by atoms with Crippen LogP contribution in [-0.4, -0.2) is 33.3 Å². The molecule has 41 heavy (non-hydrogen) atoms. The third kappa shape index (κ3) is 4.37. The highest BCUT2D eigenvalue weighted by Gasteiger charge is 2.23. The Hall–Kier alpha value is -5.13. The van der Waals surface area contributed by atoms with Crippen LogP contribution < -0.4 is 16.1 Å². The fourth-order valence-electron chi connectivity index (χ4n) is 4.95. The number of aromatic amines is 1. The highest BCUT2D eigenvalue weighted by atomic mass is 19.1. The fraction of sp³-hybridized carbons (Fsp3) is 0.241. The average Bonchev–Trinajstić information content (AvgIpc) is 2.96. The number of non-ortho nitro benzene ring substituents is 1. The number of rotatable bonds is 8. The molecular formula is C29H26FN5O6. The average molecular weight is 560 g/mol. The molecular weight excluding hydrogens is 533 g/mol. The summed E-state index contributed by atoms with van der Waals surface area (Å²) in [6, 6.07) is 8.67. The topological polar surface area (TPSA) is 148 Å². The van der Waals surface area contributed by atoms with Crippen molar-refractivity contribution in [1.82, 2.24) is 14.7 Å². The lowest BCUT2D eigenvalue weighted by atomic mass is 10.1. The molecule has 0 radical (unpaired) electrons. The van der Waals surface area contributed by atoms with Gasteiger partial charge >= 0.3 is 0 Å². The highest BCUT2D eigenvalue weighted by molar-refractivity contribution is 6.06. The van der Waals surface area contributed by atoms with Crippen molar-refractivity contribution < 1.29 is 22.9 Å². The van der Waals surface area contributed by atoms with E-state index in [2.05, 4.69) is 15.6 Å². The number of benzene rings is 3. The molecule has 210 valence electrons. The molecule has 12 heteroatoms. The number of amides is 1. The lowest BCUT2D eigenvalue weighted by Gasteiger charge is -2.17. The maximum Gasteiger partial charge on any atom is 0.273 e. The zero-order valence-corrected chi connectivity index (χ0v) is 22.3. The number of H-pyrrole nitrogens is 1. The molecule has 6 aromatic rings. The van der Waals surface area contributed by atoms with Crippen LogP contribution in [0.5, 0.6) is 0 Å². The Morgan fingerprint density at radius 2 is 1.85 bits per heavy atom. The third-order valence-electron chi connectivity index (χ3n) is 7.01. The van der Waals surface area contributed by atoms with Gasteiger partial charge in [-0.3, -0.25) is 19.7 Å². The molecule has 0 aliphatic rings. The number of aromatic nitrogens is 2. The number of anilines is 1. The fourth-order valence-corrected chi connectivity index (χ4v) is 4.95. The molecule has 0 saturated heterocycles. The van der Waals surface area contributed by atoms with E-state index >= 15 is 4.39 Å². The predicted octanol–water partition coefficient (Wildman–Crippen LogP) is 6.39. The molecule has 0 unspecified atom stereocenters. The quantitative estimate of drug-likeness (QED) is 0.0643. The van der Waals surface area contributed by atoms with E-state index in [1.54, 1.807) is 22.6 Å². The Labute approximate surface area is 230 Å². The lowest BCUT2D eigenvalue weighted by Crippen LogP contribution is -2.30. The van der Waals surface area contributed by atoms with Crippen LogP contribution in [-0.2, 0) is 0 Å². The van der Waals surface area contributed by atoms with E-state index in [0.29, 0.717) is 52.7 Å². The third-order valence-corrected chi connectivity index (χ3v) is 7.01. The molecule has 0 saturated carbocycles. The second-order valence-corrected chi connectivity index (χ2v) is 9.82. The van der Waals surface area contributed by atoms with Crippen LogP contribution in [0.15, 0.2) is 56.2 Å². The summed E-state index contributed by atoms with van der Waals surface area (Å²) in [4.78, 5) is 40.4. The molecule has 3 N–H and O–H groups in total. The van der Waals surface area contributed by atoms with E-state index in [0.717, 1.165) is 18.9 Å². The van der Waals surface area contributed by atoms with Crippen LogP contribution in [0.4, 0.5) is 15.8 Å². The molecule has 3 heterocycles. The first-order chi connectivity index (χ1) is 19.8. The van der Waals surface area contributed by atoms with Crippen LogP contribution in [0.1, 0.15) is 43.5 Å². The van der Waals surface area contributed by atoms with E-state index in [1.807, 2.05) is 13.8 Å². The maximum absolute atomic E-state index is 15.5. The summed E-state index contributed by atoms with van der Waals surface area (Å²) in [5, 5.41) is 17.1. The second-order valence-electron chi connectivity index (χ2n) is 9.82. The highest BCUT2D eigenvalue weighted by Crippen LogP contribution is 2.35. The molecule has 6 rings (SSSR count). The molecule has 0 spiro atoms. The first kappa shape index (κ1) is 26.1. The van der Waals surface area contributed by atoms with Gasteiger partial charge in [-0.2, -0.15) is 0 Å². The number of nitro groups is 1. The molecule has 11 nitrogen and oxygen atoms in total. The number of pyridine rings is 1. The predicted molar refractivity (Wildman–Crippen MR) is 154 cm³/mol. The van der Waals surface area contributed by atoms with Gasteiger partial charge in [0, 0.05) is 37.5 Å². The van der Waals surface area contributed by atoms with E-state index in [4.69, 9.17) is 8.83 Å². The molecule has 3 aromatic heterocycles. The minimum atomic E-state index is -0.670. The minimum Gasteiger partial charge on any atom is -0.453 e. The first-order valence-corrected chi connectivity index (χ1v) is 13.3. The summed E-state index contributed by atoms with van der Waals surface area (Å²) in [6.07, 6.45) is 3.79. The van der Waals surface area contributed by atoms with E-state index in [1.165, 1.54) is 18.3 Å². The smallest absolute Gasteiger partial charge is 0.273 e. The molecule has 0 atom stereocenters. The number of nitro benzene ring substituents is 1. The van der Waals surface area contributed by atoms with Crippen molar-refractivity contribution in [3.63, 3.8) is 0 Å². The summed E-state index contributed by atoms with van der Waals surface area (Å²) in [6.45, 7) is 4.77. The van der Waals surface area contributed by atoms with Crippen LogP contribution in [0.25, 0.3) is 49.8 Å². The summed E-state index contributed by atoms with van der Waals surface area (Å²) >= 11 is 0. The van der Waals surface area contributed by atoms with Gasteiger partial charge in [-0.15, -0.1) is 0 Å². The number of carbonyl (C=O) groups excluding carboxylic acids is 1. The molecule has 0 aliphatic carbocycles. The van der Waals surface area contributed by atoms with Crippen molar-refractivity contribution in [3.05, 3.63) is 74.3 Å². The van der Waals surface area contributed by atoms with Gasteiger partial charge in [-0.25, -0.2) is 4.39 Å². The number of fused-ring (bicyclic) bond motifs is 4. The Kier molecular flexibility index (Phi) is 6.45. The Bertz CT molecular complexity index is 2100. The number of unbranched alkanes of at least 4 members (excludes halogenated alkanes) is 1. The Morgan fingerprint density at radius 1 is 1.05 bits per heavy atom. The second kappa shape index (κ2) is 10.1. The molecule has 1 amide bonds. The number of hydrogen-bond acceptors (Lipinski definition) is 7. The molecule has 0 aliphatic heterocycles. The SMILES string of the molecule is CCCCNc1c(F)cc2c(=O)c(C(=O)NCCC)cn3c4cc5oc6cc([N+](=O)[O-])ccc6[nH]c5cc4oc1c23. The lowest BCUT2D eigenvalue weighted by molar-refractivity contribution is -0.384. The minimum absolute atomic E-state index is 0.00826. The Morgan fingerprint density at radius 3 is 2.61 bits per heavy atom. The zero-order valence-electron chi connectivity index (χ0n) is 22.3. The van der Waals surface area contributed by atoms with Gasteiger partial charge in [0.1, 0.15) is 16.8 Å². The van der Waals surface area contributed by atoms with Crippen molar-refractivity contribution in [2.45, 2.75) is 33.1 Å². The van der Waals surface area contributed by atoms with Gasteiger partial charge in [-0.05, 0) is 25.0 Å². The van der Waals surface area contributed by atoms with Gasteiger partial charge in [0.15, 0.2) is 28.1 Å². The van der Waals surface area contributed by atoms with Gasteiger partial charge in [0.05, 0.1) is 32.9 Å². The number of carbonyl (C=O) groups is 1. The van der Waals surface area contributed by atoms with Crippen LogP contribution in [0.3, 0.4) is 0 Å². The molecule has 0 fully saturated rings. The first-order valence-electron chi connectivity index (χ1n) is 13.3. The number of hydrogen-bond donors (Lipinski definition) is 3. The number of nitrogens with zero attached hydrogens (tertiary/aromatic N) is 2. The van der Waals surface area contributed by atoms with Crippen molar-refractivity contribution in [3.8, 4) is 0 Å². The van der Waals surface area contributed by atoms with Crippen LogP contribution in [0, 0.1) is 15.9 Å². The largest absolute Gasteiger partial charge is 0.453 e. The van der Waals surface area contributed by atoms with Gasteiger partial charge in [0.2, 0.25) is 5.43 Å². The zero-order chi connectivity index (χ0) is 28.8. The van der Waals surface area contributed by atoms with Crippen molar-refractivity contribution >= 4 is 67.1 Å². The summed E-state index contributed by atoms with van der Waals surface area (Å²) in [7, 11) is 0. The summed E-state index contributed by atoms with van der Waals surface area (Å²) < 4.78 is 29.4. The van der Waals surface area contributed by atoms with Crippen LogP contribution in [0.2, 0.25) is 0 Å². The summed E-state index contributed by atoms with van der Waals surface area (Å²) in [5.74, 6) is -1.24. The molecule has 3 aromatic carbocycles. The maximum atomic E-state index is 15.5. The molecule has 0 bridgehead atoms. The number of nitrogens with one attached hydrogen (secondary N) is 3. The standard InChI is InChI=1S/C29H26FN5O6/c1-3-5-9-31-25-18(30)11-16-26-28(25)41-24-12-20-23(40-22-10-15(35(38)39)6-7-19(22)33-20)13-21(24)34(26)14-17(27(16)36)29(37)32-8-4-2/h6-7,10-14,31,33H,3-5,8-9H2,1-2H3,(H,32,37). The van der Waals surface area contributed by atoms with Crippen molar-refractivity contribution in [2.75, 3.05) is 18.4 Å². The normalized spacial score (nSPS) is 11.7. The van der Waals surface area contributed by atoms with Crippen molar-refractivity contribution in [1.29, 1.82) is 0 Å². The van der Waals surface area contributed by atoms with Crippen molar-refractivity contribution in [2.24, 2.45) is 0 Å². The van der Waals surface area contributed by atoms with Gasteiger partial charge in [-0.1, -0.05) is 20.3 Å². The summed E-state index contributed by atoms with van der Waals surface area (Å²) in [5.41, 5.74) is 2.07. The van der Waals surface area contributed by atoms with E-state index in [-0.39, 0.29) is 33.5 Å². The number of halogens is 1. The van der Waals surface area contributed by atoms with Gasteiger partial charge in [0.25, 0.3) is 11.6 Å².